The van der Waals surface area contributed by atoms with Gasteiger partial charge in [-0.2, -0.15) is 0 Å². The van der Waals surface area contributed by atoms with Crippen LogP contribution in [0, 0.1) is 0 Å². The molecular weight excluding hydrogens is 288 g/mol. The summed E-state index contributed by atoms with van der Waals surface area (Å²) in [5, 5.41) is 10.3. The first kappa shape index (κ1) is 16.2. The van der Waals surface area contributed by atoms with Gasteiger partial charge in [0.2, 0.25) is 10.0 Å². The molecule has 1 aromatic carbocycles. The number of nitrogens with two attached hydrogens (primary N) is 1. The lowest BCUT2D eigenvalue weighted by Crippen LogP contribution is -2.57. The van der Waals surface area contributed by atoms with Crippen molar-refractivity contribution >= 4 is 27.3 Å². The normalized spacial score (nSPS) is 13.6. The van der Waals surface area contributed by atoms with Crippen molar-refractivity contribution in [3.05, 3.63) is 23.2 Å². The number of hydrogen-bond acceptors (Lipinski definition) is 4. The maximum absolute atomic E-state index is 12.3. The van der Waals surface area contributed by atoms with Gasteiger partial charge in [-0.25, -0.2) is 13.1 Å². The molecule has 1 rings (SSSR count). The Morgan fingerprint density at radius 1 is 1.26 bits per heavy atom. The summed E-state index contributed by atoms with van der Waals surface area (Å²) in [6.07, 6.45) is 0. The molecule has 108 valence electrons. The van der Waals surface area contributed by atoms with Gasteiger partial charge in [0.25, 0.3) is 0 Å². The summed E-state index contributed by atoms with van der Waals surface area (Å²) in [5.41, 5.74) is 3.44. The van der Waals surface area contributed by atoms with E-state index in [9.17, 15) is 13.5 Å². The summed E-state index contributed by atoms with van der Waals surface area (Å²) in [7, 11) is -3.84. The quantitative estimate of drug-likeness (QED) is 0.739. The Morgan fingerprint density at radius 3 is 2.21 bits per heavy atom. The topological polar surface area (TPSA) is 92.4 Å². The fraction of sp³-hybridized carbons (Fsp3) is 0.500. The number of nitrogen functional groups attached to an aromatic ring is 1. The van der Waals surface area contributed by atoms with Gasteiger partial charge in [0.05, 0.1) is 16.8 Å². The third-order valence-corrected chi connectivity index (χ3v) is 5.15. The van der Waals surface area contributed by atoms with E-state index < -0.39 is 21.2 Å². The molecule has 0 heterocycles. The number of anilines is 1. The maximum Gasteiger partial charge on any atom is 0.243 e. The molecule has 0 aliphatic rings. The van der Waals surface area contributed by atoms with Crippen molar-refractivity contribution in [1.29, 1.82) is 0 Å². The van der Waals surface area contributed by atoms with Crippen molar-refractivity contribution in [2.75, 3.05) is 5.73 Å². The molecule has 0 aliphatic carbocycles. The first-order chi connectivity index (χ1) is 8.37. The fourth-order valence-electron chi connectivity index (χ4n) is 1.28. The predicted octanol–water partition coefficient (Wildman–Crippen LogP) is 1.75. The molecule has 4 N–H and O–H groups in total. The number of aliphatic hydroxyl groups is 1. The van der Waals surface area contributed by atoms with Gasteiger partial charge in [-0.15, -0.1) is 0 Å². The molecule has 0 unspecified atom stereocenters. The zero-order valence-electron chi connectivity index (χ0n) is 11.4. The van der Waals surface area contributed by atoms with Gasteiger partial charge >= 0.3 is 0 Å². The van der Waals surface area contributed by atoms with Gasteiger partial charge in [-0.1, -0.05) is 11.6 Å². The number of sulfonamides is 1. The van der Waals surface area contributed by atoms with E-state index in [0.717, 1.165) is 0 Å². The second-order valence-corrected chi connectivity index (χ2v) is 7.56. The molecule has 1 aromatic rings. The highest BCUT2D eigenvalue weighted by molar-refractivity contribution is 7.89. The maximum atomic E-state index is 12.3. The second-order valence-electron chi connectivity index (χ2n) is 5.47. The van der Waals surface area contributed by atoms with E-state index in [2.05, 4.69) is 4.72 Å². The Kier molecular flexibility index (Phi) is 4.22. The molecule has 0 atom stereocenters. The lowest BCUT2D eigenvalue weighted by atomic mass is 9.87. The number of rotatable bonds is 4. The predicted molar refractivity (Wildman–Crippen MR) is 76.6 cm³/mol. The summed E-state index contributed by atoms with van der Waals surface area (Å²) in [4.78, 5) is -0.0609. The largest absolute Gasteiger partial charge is 0.398 e. The fourth-order valence-corrected chi connectivity index (χ4v) is 3.11. The molecule has 7 heteroatoms. The van der Waals surface area contributed by atoms with Gasteiger partial charge in [0.15, 0.2) is 0 Å². The van der Waals surface area contributed by atoms with Crippen LogP contribution in [0.25, 0.3) is 0 Å². The molecule has 0 saturated carbocycles. The number of nitrogens with one attached hydrogen (secondary N) is 1. The van der Waals surface area contributed by atoms with Gasteiger partial charge in [-0.05, 0) is 45.9 Å². The van der Waals surface area contributed by atoms with Crippen molar-refractivity contribution in [2.45, 2.75) is 43.7 Å². The third kappa shape index (κ3) is 3.60. The summed E-state index contributed by atoms with van der Waals surface area (Å²) in [6, 6.07) is 4.15. The Bertz CT molecular complexity index is 577. The molecule has 5 nitrogen and oxygen atoms in total. The molecule has 0 saturated heterocycles. The molecule has 19 heavy (non-hydrogen) atoms. The minimum Gasteiger partial charge on any atom is -0.398 e. The van der Waals surface area contributed by atoms with Crippen LogP contribution < -0.4 is 10.5 Å². The highest BCUT2D eigenvalue weighted by Crippen LogP contribution is 2.27. The van der Waals surface area contributed by atoms with Gasteiger partial charge in [0, 0.05) is 5.02 Å². The number of benzene rings is 1. The van der Waals surface area contributed by atoms with Crippen LogP contribution in [0.5, 0.6) is 0 Å². The van der Waals surface area contributed by atoms with Crippen LogP contribution in [0.15, 0.2) is 23.1 Å². The summed E-state index contributed by atoms with van der Waals surface area (Å²) >= 11 is 5.74. The number of halogens is 1. The van der Waals surface area contributed by atoms with E-state index in [0.29, 0.717) is 5.02 Å². The zero-order chi connectivity index (χ0) is 15.1. The molecule has 0 amide bonds. The van der Waals surface area contributed by atoms with Crippen molar-refractivity contribution in [2.24, 2.45) is 0 Å². The summed E-state index contributed by atoms with van der Waals surface area (Å²) in [5.74, 6) is 0. The number of hydrogen-bond donors (Lipinski definition) is 3. The Hall–Kier alpha value is -0.820. The average Bonchev–Trinajstić information content (AvgIpc) is 2.12. The van der Waals surface area contributed by atoms with Crippen LogP contribution >= 0.6 is 11.6 Å². The highest BCUT2D eigenvalue weighted by atomic mass is 35.5. The lowest BCUT2D eigenvalue weighted by molar-refractivity contribution is 0.00639. The molecule has 0 bridgehead atoms. The second kappa shape index (κ2) is 4.94. The van der Waals surface area contributed by atoms with E-state index in [1.165, 1.54) is 32.0 Å². The molecule has 0 fully saturated rings. The Morgan fingerprint density at radius 2 is 1.79 bits per heavy atom. The minimum atomic E-state index is -3.84. The molecule has 0 spiro atoms. The molecule has 0 aliphatic heterocycles. The van der Waals surface area contributed by atoms with Crippen LogP contribution in [-0.4, -0.2) is 24.7 Å². The van der Waals surface area contributed by atoms with Crippen LogP contribution in [0.2, 0.25) is 5.02 Å². The van der Waals surface area contributed by atoms with Crippen molar-refractivity contribution in [1.82, 2.24) is 4.72 Å². The smallest absolute Gasteiger partial charge is 0.243 e. The third-order valence-electron chi connectivity index (χ3n) is 3.18. The van der Waals surface area contributed by atoms with Crippen LogP contribution in [0.1, 0.15) is 27.7 Å². The highest BCUT2D eigenvalue weighted by Gasteiger charge is 2.39. The Labute approximate surface area is 118 Å². The van der Waals surface area contributed by atoms with E-state index >= 15 is 0 Å². The first-order valence-electron chi connectivity index (χ1n) is 5.68. The first-order valence-corrected chi connectivity index (χ1v) is 7.54. The van der Waals surface area contributed by atoms with E-state index in [-0.39, 0.29) is 10.6 Å². The summed E-state index contributed by atoms with van der Waals surface area (Å²) in [6.45, 7) is 6.24. The van der Waals surface area contributed by atoms with Gasteiger partial charge in [0.1, 0.15) is 4.90 Å². The van der Waals surface area contributed by atoms with E-state index in [1.807, 2.05) is 0 Å². The van der Waals surface area contributed by atoms with Crippen molar-refractivity contribution in [3.8, 4) is 0 Å². The van der Waals surface area contributed by atoms with Crippen molar-refractivity contribution in [3.63, 3.8) is 0 Å². The summed E-state index contributed by atoms with van der Waals surface area (Å²) < 4.78 is 27.0. The van der Waals surface area contributed by atoms with E-state index in [4.69, 9.17) is 17.3 Å². The SMILES string of the molecule is CC(C)(O)C(C)(C)NS(=O)(=O)c1ccc(Cl)cc1N. The monoisotopic (exact) mass is 306 g/mol. The van der Waals surface area contributed by atoms with Crippen LogP contribution in [0.4, 0.5) is 5.69 Å². The Balaban J connectivity index is 3.20. The van der Waals surface area contributed by atoms with Crippen LogP contribution in [-0.2, 0) is 10.0 Å². The van der Waals surface area contributed by atoms with Gasteiger partial charge in [-0.3, -0.25) is 0 Å². The van der Waals surface area contributed by atoms with E-state index in [1.54, 1.807) is 13.8 Å². The molecular formula is C12H19ClN2O3S. The van der Waals surface area contributed by atoms with Gasteiger partial charge < -0.3 is 10.8 Å². The van der Waals surface area contributed by atoms with Crippen molar-refractivity contribution < 1.29 is 13.5 Å². The molecule has 0 radical (unpaired) electrons. The molecule has 0 aromatic heterocycles. The standard InChI is InChI=1S/C12H19ClN2O3S/c1-11(2,12(3,4)16)15-19(17,18)10-6-5-8(13)7-9(10)14/h5-7,15-16H,14H2,1-4H3. The zero-order valence-corrected chi connectivity index (χ0v) is 12.9. The lowest BCUT2D eigenvalue weighted by Gasteiger charge is -2.37. The average molecular weight is 307 g/mol. The minimum absolute atomic E-state index is 0.0609. The van der Waals surface area contributed by atoms with Crippen LogP contribution in [0.3, 0.4) is 0 Å².